The lowest BCUT2D eigenvalue weighted by molar-refractivity contribution is 1.32. The Labute approximate surface area is 112 Å². The van der Waals surface area contributed by atoms with Gasteiger partial charge in [-0.3, -0.25) is 0 Å². The van der Waals surface area contributed by atoms with Crippen molar-refractivity contribution in [3.05, 3.63) is 46.7 Å². The molecule has 0 radical (unpaired) electrons. The molecule has 2 heterocycles. The molecule has 0 saturated carbocycles. The van der Waals surface area contributed by atoms with Crippen LogP contribution in [0.1, 0.15) is 0 Å². The van der Waals surface area contributed by atoms with E-state index in [0.29, 0.717) is 10.2 Å². The predicted octanol–water partition coefficient (Wildman–Crippen LogP) is 4.67. The van der Waals surface area contributed by atoms with Crippen LogP contribution in [-0.2, 0) is 0 Å². The Kier molecular flexibility index (Phi) is 2.74. The molecule has 3 rings (SSSR count). The number of benzene rings is 1. The second-order valence-corrected chi connectivity index (χ2v) is 5.30. The average Bonchev–Trinajstić information content (AvgIpc) is 2.72. The van der Waals surface area contributed by atoms with Crippen molar-refractivity contribution in [3.8, 4) is 10.6 Å². The van der Waals surface area contributed by atoms with Crippen LogP contribution in [0.5, 0.6) is 0 Å². The molecule has 84 valence electrons. The number of pyridine rings is 1. The van der Waals surface area contributed by atoms with Gasteiger partial charge >= 0.3 is 0 Å². The zero-order valence-corrected chi connectivity index (χ0v) is 10.9. The smallest absolute Gasteiger partial charge is 0.139 e. The molecule has 0 aliphatic rings. The molecule has 0 spiro atoms. The van der Waals surface area contributed by atoms with E-state index in [0.717, 1.165) is 20.8 Å². The van der Waals surface area contributed by atoms with E-state index >= 15 is 0 Å². The molecular formula is C12H6Cl2N2S. The fourth-order valence-electron chi connectivity index (χ4n) is 1.56. The molecule has 3 aromatic rings. The Bertz CT molecular complexity index is 694. The van der Waals surface area contributed by atoms with E-state index in [1.165, 1.54) is 0 Å². The van der Waals surface area contributed by atoms with Crippen molar-refractivity contribution in [2.24, 2.45) is 0 Å². The topological polar surface area (TPSA) is 25.8 Å². The Morgan fingerprint density at radius 2 is 2.00 bits per heavy atom. The van der Waals surface area contributed by atoms with E-state index in [1.807, 2.05) is 30.3 Å². The molecule has 0 unspecified atom stereocenters. The van der Waals surface area contributed by atoms with Gasteiger partial charge in [0.15, 0.2) is 0 Å². The highest BCUT2D eigenvalue weighted by molar-refractivity contribution is 7.21. The molecule has 0 saturated heterocycles. The Morgan fingerprint density at radius 3 is 2.82 bits per heavy atom. The maximum atomic E-state index is 6.05. The molecule has 1 aromatic carbocycles. The summed E-state index contributed by atoms with van der Waals surface area (Å²) in [4.78, 5) is 8.57. The standard InChI is InChI=1S/C12H6Cl2N2S/c13-7-3-4-9-10(6-7)17-12(16-9)8-2-1-5-15-11(8)14/h1-6H. The number of halogens is 2. The zero-order valence-electron chi connectivity index (χ0n) is 8.52. The maximum Gasteiger partial charge on any atom is 0.139 e. The molecule has 2 aromatic heterocycles. The van der Waals surface area contributed by atoms with Gasteiger partial charge < -0.3 is 0 Å². The summed E-state index contributed by atoms with van der Waals surface area (Å²) in [6.45, 7) is 0. The molecule has 0 N–H and O–H groups in total. The number of hydrogen-bond donors (Lipinski definition) is 0. The first kappa shape index (κ1) is 11.0. The van der Waals surface area contributed by atoms with Crippen molar-refractivity contribution in [3.63, 3.8) is 0 Å². The van der Waals surface area contributed by atoms with Crippen molar-refractivity contribution in [2.45, 2.75) is 0 Å². The molecule has 5 heteroatoms. The molecule has 0 amide bonds. The molecule has 0 aliphatic heterocycles. The summed E-state index contributed by atoms with van der Waals surface area (Å²) in [6.07, 6.45) is 1.66. The third-order valence-electron chi connectivity index (χ3n) is 2.34. The van der Waals surface area contributed by atoms with Crippen LogP contribution in [0.4, 0.5) is 0 Å². The van der Waals surface area contributed by atoms with E-state index in [-0.39, 0.29) is 0 Å². The molecule has 17 heavy (non-hydrogen) atoms. The van der Waals surface area contributed by atoms with Gasteiger partial charge in [0, 0.05) is 16.8 Å². The minimum atomic E-state index is 0.470. The zero-order chi connectivity index (χ0) is 11.8. The summed E-state index contributed by atoms with van der Waals surface area (Å²) in [5.74, 6) is 0. The van der Waals surface area contributed by atoms with Gasteiger partial charge in [-0.25, -0.2) is 9.97 Å². The van der Waals surface area contributed by atoms with Crippen molar-refractivity contribution >= 4 is 44.8 Å². The van der Waals surface area contributed by atoms with Crippen LogP contribution in [0.15, 0.2) is 36.5 Å². The summed E-state index contributed by atoms with van der Waals surface area (Å²) >= 11 is 13.6. The lowest BCUT2D eigenvalue weighted by atomic mass is 10.3. The number of thiazole rings is 1. The largest absolute Gasteiger partial charge is 0.244 e. The van der Waals surface area contributed by atoms with Gasteiger partial charge in [0.05, 0.1) is 10.2 Å². The first-order chi connectivity index (χ1) is 8.24. The summed E-state index contributed by atoms with van der Waals surface area (Å²) < 4.78 is 1.05. The van der Waals surface area contributed by atoms with E-state index < -0.39 is 0 Å². The van der Waals surface area contributed by atoms with Crippen LogP contribution >= 0.6 is 34.5 Å². The lowest BCUT2D eigenvalue weighted by Crippen LogP contribution is -1.80. The van der Waals surface area contributed by atoms with Gasteiger partial charge in [0.2, 0.25) is 0 Å². The van der Waals surface area contributed by atoms with E-state index in [1.54, 1.807) is 17.5 Å². The third kappa shape index (κ3) is 2.02. The molecular weight excluding hydrogens is 275 g/mol. The number of aromatic nitrogens is 2. The van der Waals surface area contributed by atoms with Crippen LogP contribution in [0.3, 0.4) is 0 Å². The Morgan fingerprint density at radius 1 is 1.12 bits per heavy atom. The van der Waals surface area contributed by atoms with Crippen LogP contribution in [0.2, 0.25) is 10.2 Å². The molecule has 2 nitrogen and oxygen atoms in total. The number of hydrogen-bond acceptors (Lipinski definition) is 3. The van der Waals surface area contributed by atoms with Gasteiger partial charge in [0.1, 0.15) is 10.2 Å². The number of rotatable bonds is 1. The first-order valence-electron chi connectivity index (χ1n) is 4.91. The summed E-state index contributed by atoms with van der Waals surface area (Å²) in [6, 6.07) is 9.40. The minimum Gasteiger partial charge on any atom is -0.244 e. The third-order valence-corrected chi connectivity index (χ3v) is 3.93. The van der Waals surface area contributed by atoms with Crippen molar-refractivity contribution < 1.29 is 0 Å². The number of nitrogens with zero attached hydrogens (tertiary/aromatic N) is 2. The van der Waals surface area contributed by atoms with Crippen LogP contribution in [-0.4, -0.2) is 9.97 Å². The highest BCUT2D eigenvalue weighted by atomic mass is 35.5. The Hall–Kier alpha value is -1.16. The summed E-state index contributed by atoms with van der Waals surface area (Å²) in [5.41, 5.74) is 1.78. The second-order valence-electron chi connectivity index (χ2n) is 3.47. The molecule has 0 bridgehead atoms. The first-order valence-corrected chi connectivity index (χ1v) is 6.48. The number of fused-ring (bicyclic) bond motifs is 1. The molecule has 0 fully saturated rings. The van der Waals surface area contributed by atoms with Crippen LogP contribution in [0.25, 0.3) is 20.8 Å². The van der Waals surface area contributed by atoms with Gasteiger partial charge in [0.25, 0.3) is 0 Å². The van der Waals surface area contributed by atoms with E-state index in [2.05, 4.69) is 9.97 Å². The second kappa shape index (κ2) is 4.26. The van der Waals surface area contributed by atoms with E-state index in [4.69, 9.17) is 23.2 Å². The van der Waals surface area contributed by atoms with Crippen molar-refractivity contribution in [1.29, 1.82) is 0 Å². The average molecular weight is 281 g/mol. The van der Waals surface area contributed by atoms with Gasteiger partial charge in [-0.1, -0.05) is 23.2 Å². The quantitative estimate of drug-likeness (QED) is 0.606. The highest BCUT2D eigenvalue weighted by Gasteiger charge is 2.10. The highest BCUT2D eigenvalue weighted by Crippen LogP contribution is 2.34. The van der Waals surface area contributed by atoms with Gasteiger partial charge in [-0.15, -0.1) is 11.3 Å². The predicted molar refractivity (Wildman–Crippen MR) is 72.9 cm³/mol. The van der Waals surface area contributed by atoms with Crippen molar-refractivity contribution in [2.75, 3.05) is 0 Å². The van der Waals surface area contributed by atoms with Crippen LogP contribution in [0, 0.1) is 0 Å². The summed E-state index contributed by atoms with van der Waals surface area (Å²) in [5, 5.41) is 2.04. The SMILES string of the molecule is Clc1ccc2nc(-c3cccnc3Cl)sc2c1. The lowest BCUT2D eigenvalue weighted by Gasteiger charge is -1.96. The fraction of sp³-hybridized carbons (Fsp3) is 0. The van der Waals surface area contributed by atoms with Gasteiger partial charge in [-0.2, -0.15) is 0 Å². The van der Waals surface area contributed by atoms with Gasteiger partial charge in [-0.05, 0) is 30.3 Å². The van der Waals surface area contributed by atoms with Crippen molar-refractivity contribution in [1.82, 2.24) is 9.97 Å². The van der Waals surface area contributed by atoms with Crippen LogP contribution < -0.4 is 0 Å². The normalized spacial score (nSPS) is 10.9. The van der Waals surface area contributed by atoms with E-state index in [9.17, 15) is 0 Å². The molecule has 0 aliphatic carbocycles. The fourth-order valence-corrected chi connectivity index (χ4v) is 3.09. The molecule has 0 atom stereocenters. The minimum absolute atomic E-state index is 0.470. The Balaban J connectivity index is 2.22. The monoisotopic (exact) mass is 280 g/mol. The maximum absolute atomic E-state index is 6.05. The summed E-state index contributed by atoms with van der Waals surface area (Å²) in [7, 11) is 0.